The maximum atomic E-state index is 11.9. The predicted octanol–water partition coefficient (Wildman–Crippen LogP) is 18.8. The van der Waals surface area contributed by atoms with E-state index in [0.717, 1.165) is 19.3 Å². The highest BCUT2D eigenvalue weighted by atomic mass is 16.5. The molecule has 0 saturated heterocycles. The highest BCUT2D eigenvalue weighted by molar-refractivity contribution is 5.73. The average Bonchev–Trinajstić information content (AvgIpc) is 3.22. The van der Waals surface area contributed by atoms with Gasteiger partial charge >= 0.3 is 5.97 Å². The lowest BCUT2D eigenvalue weighted by Crippen LogP contribution is -2.09. The van der Waals surface area contributed by atoms with Crippen molar-refractivity contribution in [2.45, 2.75) is 329 Å². The average molecular weight is 820 g/mol. The quantitative estimate of drug-likeness (QED) is 0.0491. The number of amides is 1. The minimum atomic E-state index is -0.153. The molecule has 0 aliphatic heterocycles. The number of hydrogen-bond acceptors (Lipinski definition) is 3. The zero-order valence-corrected chi connectivity index (χ0v) is 40.5. The highest BCUT2D eigenvalue weighted by Gasteiger charge is 2.03. The van der Waals surface area contributed by atoms with Gasteiger partial charge in [0, 0.05) is 12.8 Å². The van der Waals surface area contributed by atoms with E-state index in [1.807, 2.05) is 0 Å². The van der Waals surface area contributed by atoms with Gasteiger partial charge in [0.2, 0.25) is 5.91 Å². The maximum absolute atomic E-state index is 11.9. The number of hydrogen-bond donors (Lipinski definition) is 1. The SMILES string of the molecule is CCCCCCCCCCCCCCCCCC(N)=O.CCCCCCCCCCCCCCCCCCOC(=O)CCCCCCCCCCCCCCCCC. The molecule has 2 N–H and O–H groups in total. The third-order valence-electron chi connectivity index (χ3n) is 12.3. The van der Waals surface area contributed by atoms with E-state index in [0.29, 0.717) is 19.4 Å². The van der Waals surface area contributed by atoms with Crippen molar-refractivity contribution in [3.8, 4) is 0 Å². The summed E-state index contributed by atoms with van der Waals surface area (Å²) in [6.45, 7) is 7.49. The first kappa shape index (κ1) is 59.0. The zero-order chi connectivity index (χ0) is 42.5. The van der Waals surface area contributed by atoms with Crippen LogP contribution in [-0.2, 0) is 14.3 Å². The summed E-state index contributed by atoms with van der Waals surface area (Å²) in [6.07, 6.45) is 63.9. The van der Waals surface area contributed by atoms with Crippen LogP contribution < -0.4 is 5.73 Å². The molecule has 0 unspecified atom stereocenters. The monoisotopic (exact) mass is 820 g/mol. The van der Waals surface area contributed by atoms with Gasteiger partial charge in [0.1, 0.15) is 0 Å². The molecule has 0 rings (SSSR count). The first-order valence-corrected chi connectivity index (χ1v) is 27.0. The molecule has 0 aliphatic rings. The first-order valence-electron chi connectivity index (χ1n) is 27.0. The lowest BCUT2D eigenvalue weighted by atomic mass is 10.0. The molecule has 348 valence electrons. The first-order chi connectivity index (χ1) is 28.6. The van der Waals surface area contributed by atoms with Crippen LogP contribution in [0, 0.1) is 0 Å². The van der Waals surface area contributed by atoms with Crippen molar-refractivity contribution in [2.24, 2.45) is 5.73 Å². The number of carbonyl (C=O) groups excluding carboxylic acids is 2. The number of carbonyl (C=O) groups is 2. The molecule has 0 aromatic rings. The van der Waals surface area contributed by atoms with Crippen LogP contribution in [0.3, 0.4) is 0 Å². The fourth-order valence-electron chi connectivity index (χ4n) is 8.22. The predicted molar refractivity (Wildman–Crippen MR) is 259 cm³/mol. The van der Waals surface area contributed by atoms with E-state index in [1.54, 1.807) is 0 Å². The molecule has 0 bridgehead atoms. The fraction of sp³-hybridized carbons (Fsp3) is 0.963. The number of unbranched alkanes of at least 4 members (excludes halogenated alkanes) is 43. The number of ether oxygens (including phenoxy) is 1. The van der Waals surface area contributed by atoms with Crippen molar-refractivity contribution < 1.29 is 14.3 Å². The van der Waals surface area contributed by atoms with Gasteiger partial charge < -0.3 is 10.5 Å². The van der Waals surface area contributed by atoms with E-state index in [9.17, 15) is 9.59 Å². The summed E-state index contributed by atoms with van der Waals surface area (Å²) in [6, 6.07) is 0. The Kier molecular flexibility index (Phi) is 56.9. The van der Waals surface area contributed by atoms with Gasteiger partial charge in [-0.2, -0.15) is 0 Å². The molecular formula is C54H109NO3. The van der Waals surface area contributed by atoms with Gasteiger partial charge in [-0.3, -0.25) is 9.59 Å². The van der Waals surface area contributed by atoms with Crippen molar-refractivity contribution in [3.63, 3.8) is 0 Å². The van der Waals surface area contributed by atoms with Gasteiger partial charge in [0.15, 0.2) is 0 Å². The summed E-state index contributed by atoms with van der Waals surface area (Å²) in [7, 11) is 0. The molecule has 1 amide bonds. The number of nitrogens with two attached hydrogens (primary N) is 1. The van der Waals surface area contributed by atoms with Gasteiger partial charge in [0.25, 0.3) is 0 Å². The van der Waals surface area contributed by atoms with Crippen LogP contribution in [0.5, 0.6) is 0 Å². The van der Waals surface area contributed by atoms with Crippen LogP contribution in [0.15, 0.2) is 0 Å². The molecule has 58 heavy (non-hydrogen) atoms. The van der Waals surface area contributed by atoms with E-state index in [4.69, 9.17) is 10.5 Å². The summed E-state index contributed by atoms with van der Waals surface area (Å²) >= 11 is 0. The summed E-state index contributed by atoms with van der Waals surface area (Å²) < 4.78 is 5.44. The lowest BCUT2D eigenvalue weighted by Gasteiger charge is -2.06. The van der Waals surface area contributed by atoms with Gasteiger partial charge in [-0.05, 0) is 19.3 Å². The molecular weight excluding hydrogens is 711 g/mol. The Labute approximate surface area is 366 Å². The Morgan fingerprint density at radius 1 is 0.276 bits per heavy atom. The second-order valence-corrected chi connectivity index (χ2v) is 18.4. The summed E-state index contributed by atoms with van der Waals surface area (Å²) in [5.41, 5.74) is 5.11. The normalized spacial score (nSPS) is 11.2. The Hall–Kier alpha value is -1.06. The minimum absolute atomic E-state index is 0.0284. The van der Waals surface area contributed by atoms with Gasteiger partial charge in [-0.25, -0.2) is 0 Å². The molecule has 0 atom stereocenters. The molecule has 4 heteroatoms. The molecule has 0 saturated carbocycles. The Balaban J connectivity index is 0. The van der Waals surface area contributed by atoms with Crippen molar-refractivity contribution in [3.05, 3.63) is 0 Å². The number of esters is 1. The third kappa shape index (κ3) is 59.3. The second kappa shape index (κ2) is 55.9. The lowest BCUT2D eigenvalue weighted by molar-refractivity contribution is -0.143. The molecule has 4 nitrogen and oxygen atoms in total. The van der Waals surface area contributed by atoms with E-state index in [1.165, 1.54) is 276 Å². The van der Waals surface area contributed by atoms with E-state index < -0.39 is 0 Å². The summed E-state index contributed by atoms with van der Waals surface area (Å²) in [5, 5.41) is 0. The van der Waals surface area contributed by atoms with Gasteiger partial charge in [-0.1, -0.05) is 297 Å². The number of rotatable bonds is 49. The summed E-state index contributed by atoms with van der Waals surface area (Å²) in [5.74, 6) is -0.125. The highest BCUT2D eigenvalue weighted by Crippen LogP contribution is 2.17. The molecule has 0 aromatic carbocycles. The molecule has 0 aliphatic carbocycles. The van der Waals surface area contributed by atoms with Gasteiger partial charge in [0.05, 0.1) is 6.61 Å². The smallest absolute Gasteiger partial charge is 0.305 e. The van der Waals surface area contributed by atoms with E-state index in [-0.39, 0.29) is 11.9 Å². The van der Waals surface area contributed by atoms with E-state index >= 15 is 0 Å². The van der Waals surface area contributed by atoms with Crippen LogP contribution in [0.25, 0.3) is 0 Å². The summed E-state index contributed by atoms with van der Waals surface area (Å²) in [4.78, 5) is 22.5. The third-order valence-corrected chi connectivity index (χ3v) is 12.3. The van der Waals surface area contributed by atoms with Crippen LogP contribution in [-0.4, -0.2) is 18.5 Å². The fourth-order valence-corrected chi connectivity index (χ4v) is 8.22. The maximum Gasteiger partial charge on any atom is 0.305 e. The van der Waals surface area contributed by atoms with Crippen LogP contribution >= 0.6 is 0 Å². The van der Waals surface area contributed by atoms with Crippen LogP contribution in [0.4, 0.5) is 0 Å². The molecule has 0 spiro atoms. The number of primary amides is 1. The zero-order valence-electron chi connectivity index (χ0n) is 40.5. The molecule has 0 radical (unpaired) electrons. The molecule has 0 fully saturated rings. The standard InChI is InChI=1S/C36H72O2.C18H37NO/c1-3-5-7-9-11-13-15-17-19-21-23-25-27-29-31-33-35-38-36(37)34-32-30-28-26-24-22-20-18-16-14-12-10-8-6-4-2;1-2-3-4-5-6-7-8-9-10-11-12-13-14-15-16-17-18(19)20/h3-35H2,1-2H3;2-17H2,1H3,(H2,19,20). The Bertz CT molecular complexity index is 755. The van der Waals surface area contributed by atoms with E-state index in [2.05, 4.69) is 20.8 Å². The van der Waals surface area contributed by atoms with Crippen LogP contribution in [0.1, 0.15) is 329 Å². The Morgan fingerprint density at radius 2 is 0.466 bits per heavy atom. The Morgan fingerprint density at radius 3 is 0.690 bits per heavy atom. The topological polar surface area (TPSA) is 69.4 Å². The molecule has 0 aromatic heterocycles. The molecule has 0 heterocycles. The van der Waals surface area contributed by atoms with Crippen molar-refractivity contribution >= 4 is 11.9 Å². The largest absolute Gasteiger partial charge is 0.466 e. The van der Waals surface area contributed by atoms with Gasteiger partial charge in [-0.15, -0.1) is 0 Å². The van der Waals surface area contributed by atoms with Crippen LogP contribution in [0.2, 0.25) is 0 Å². The van der Waals surface area contributed by atoms with Crippen molar-refractivity contribution in [1.29, 1.82) is 0 Å². The minimum Gasteiger partial charge on any atom is -0.466 e. The van der Waals surface area contributed by atoms with Crippen molar-refractivity contribution in [1.82, 2.24) is 0 Å². The van der Waals surface area contributed by atoms with Crippen molar-refractivity contribution in [2.75, 3.05) is 6.61 Å². The second-order valence-electron chi connectivity index (χ2n) is 18.4.